The molecule has 1 aliphatic carbocycles. The summed E-state index contributed by atoms with van der Waals surface area (Å²) in [5, 5.41) is 2.90. The van der Waals surface area contributed by atoms with E-state index in [-0.39, 0.29) is 30.7 Å². The van der Waals surface area contributed by atoms with Gasteiger partial charge in [0.2, 0.25) is 11.8 Å². The molecule has 0 heterocycles. The SMILES string of the molecule is CCOC(=O)c1ccccc1CNC(=O)Cc1ccc(N(Cc2cccc(C)c2)C(=O)C2CCCC2)cc1. The number of nitrogens with one attached hydrogen (secondary N) is 1. The minimum Gasteiger partial charge on any atom is -0.462 e. The lowest BCUT2D eigenvalue weighted by atomic mass is 10.0. The van der Waals surface area contributed by atoms with E-state index in [1.807, 2.05) is 47.4 Å². The second kappa shape index (κ2) is 13.0. The van der Waals surface area contributed by atoms with Crippen molar-refractivity contribution in [3.05, 3.63) is 101 Å². The van der Waals surface area contributed by atoms with Crippen molar-refractivity contribution in [3.8, 4) is 0 Å². The molecule has 1 aliphatic rings. The van der Waals surface area contributed by atoms with Crippen LogP contribution in [0.3, 0.4) is 0 Å². The first-order chi connectivity index (χ1) is 18.4. The first-order valence-electron chi connectivity index (χ1n) is 13.4. The maximum atomic E-state index is 13.5. The van der Waals surface area contributed by atoms with Crippen molar-refractivity contribution in [2.24, 2.45) is 5.92 Å². The molecule has 3 aromatic carbocycles. The van der Waals surface area contributed by atoms with Crippen LogP contribution in [0.25, 0.3) is 0 Å². The van der Waals surface area contributed by atoms with Crippen molar-refractivity contribution >= 4 is 23.5 Å². The van der Waals surface area contributed by atoms with Gasteiger partial charge in [0.1, 0.15) is 0 Å². The van der Waals surface area contributed by atoms with Crippen molar-refractivity contribution in [3.63, 3.8) is 0 Å². The van der Waals surface area contributed by atoms with Gasteiger partial charge in [-0.15, -0.1) is 0 Å². The number of amides is 2. The van der Waals surface area contributed by atoms with Crippen LogP contribution < -0.4 is 10.2 Å². The van der Waals surface area contributed by atoms with Gasteiger partial charge in [-0.3, -0.25) is 9.59 Å². The zero-order valence-corrected chi connectivity index (χ0v) is 22.2. The molecule has 6 heteroatoms. The number of aryl methyl sites for hydroxylation is 1. The molecule has 0 aromatic heterocycles. The van der Waals surface area contributed by atoms with Crippen LogP contribution in [0.5, 0.6) is 0 Å². The number of nitrogens with zero attached hydrogens (tertiary/aromatic N) is 1. The normalized spacial score (nSPS) is 13.2. The Bertz CT molecular complexity index is 1260. The molecule has 4 rings (SSSR count). The summed E-state index contributed by atoms with van der Waals surface area (Å²) in [6, 6.07) is 23.1. The van der Waals surface area contributed by atoms with E-state index in [9.17, 15) is 14.4 Å². The van der Waals surface area contributed by atoms with Gasteiger partial charge in [-0.1, -0.05) is 73.0 Å². The lowest BCUT2D eigenvalue weighted by molar-refractivity contribution is -0.122. The van der Waals surface area contributed by atoms with Crippen LogP contribution in [0.2, 0.25) is 0 Å². The molecule has 1 N–H and O–H groups in total. The first-order valence-corrected chi connectivity index (χ1v) is 13.4. The number of rotatable bonds is 10. The summed E-state index contributed by atoms with van der Waals surface area (Å²) in [7, 11) is 0. The van der Waals surface area contributed by atoms with Crippen LogP contribution in [0.4, 0.5) is 5.69 Å². The van der Waals surface area contributed by atoms with E-state index in [1.165, 1.54) is 5.56 Å². The van der Waals surface area contributed by atoms with Crippen molar-refractivity contribution in [2.45, 2.75) is 59.0 Å². The van der Waals surface area contributed by atoms with Crippen LogP contribution >= 0.6 is 0 Å². The van der Waals surface area contributed by atoms with Crippen LogP contribution in [0.1, 0.15) is 65.2 Å². The summed E-state index contributed by atoms with van der Waals surface area (Å²) in [6.07, 6.45) is 4.30. The highest BCUT2D eigenvalue weighted by Crippen LogP contribution is 2.30. The molecule has 6 nitrogen and oxygen atoms in total. The number of benzene rings is 3. The van der Waals surface area contributed by atoms with Crippen LogP contribution in [0.15, 0.2) is 72.8 Å². The van der Waals surface area contributed by atoms with E-state index in [2.05, 4.69) is 30.4 Å². The smallest absolute Gasteiger partial charge is 0.338 e. The monoisotopic (exact) mass is 512 g/mol. The highest BCUT2D eigenvalue weighted by Gasteiger charge is 2.28. The number of anilines is 1. The lowest BCUT2D eigenvalue weighted by Crippen LogP contribution is -2.35. The number of hydrogen-bond acceptors (Lipinski definition) is 4. The molecule has 0 spiro atoms. The highest BCUT2D eigenvalue weighted by molar-refractivity contribution is 5.95. The Morgan fingerprint density at radius 3 is 2.37 bits per heavy atom. The Hall–Kier alpha value is -3.93. The lowest BCUT2D eigenvalue weighted by Gasteiger charge is -2.26. The molecule has 0 radical (unpaired) electrons. The number of hydrogen-bond donors (Lipinski definition) is 1. The standard InChI is InChI=1S/C32H36N2O4/c1-3-38-32(37)29-14-7-6-13-27(29)21-33-30(35)20-24-15-17-28(18-16-24)34(31(36)26-11-4-5-12-26)22-25-10-8-9-23(2)19-25/h6-10,13-19,26H,3-5,11-12,20-22H2,1-2H3,(H,33,35). The van der Waals surface area contributed by atoms with Crippen LogP contribution in [-0.2, 0) is 33.8 Å². The van der Waals surface area contributed by atoms with Gasteiger partial charge >= 0.3 is 5.97 Å². The van der Waals surface area contributed by atoms with Gasteiger partial charge in [0.05, 0.1) is 25.1 Å². The summed E-state index contributed by atoms with van der Waals surface area (Å²) in [5.74, 6) is -0.289. The number of carbonyl (C=O) groups is 3. The molecular weight excluding hydrogens is 476 g/mol. The Morgan fingerprint density at radius 1 is 0.921 bits per heavy atom. The molecule has 2 amide bonds. The van der Waals surface area contributed by atoms with Crippen molar-refractivity contribution in [2.75, 3.05) is 11.5 Å². The highest BCUT2D eigenvalue weighted by atomic mass is 16.5. The minimum atomic E-state index is -0.393. The summed E-state index contributed by atoms with van der Waals surface area (Å²) in [5.41, 5.74) is 5.14. The topological polar surface area (TPSA) is 75.7 Å². The second-order valence-corrected chi connectivity index (χ2v) is 9.89. The Kier molecular flexibility index (Phi) is 9.30. The predicted molar refractivity (Wildman–Crippen MR) is 149 cm³/mol. The van der Waals surface area contributed by atoms with Crippen molar-refractivity contribution in [1.29, 1.82) is 0 Å². The average Bonchev–Trinajstić information content (AvgIpc) is 3.46. The fourth-order valence-corrected chi connectivity index (χ4v) is 5.00. The Morgan fingerprint density at radius 2 is 1.66 bits per heavy atom. The van der Waals surface area contributed by atoms with Gasteiger partial charge in [0.25, 0.3) is 0 Å². The van der Waals surface area contributed by atoms with E-state index in [0.29, 0.717) is 24.3 Å². The molecule has 0 atom stereocenters. The molecular formula is C32H36N2O4. The van der Waals surface area contributed by atoms with Crippen LogP contribution in [0, 0.1) is 12.8 Å². The zero-order valence-electron chi connectivity index (χ0n) is 22.2. The molecule has 3 aromatic rings. The van der Waals surface area contributed by atoms with E-state index < -0.39 is 5.97 Å². The predicted octanol–water partition coefficient (Wildman–Crippen LogP) is 5.75. The molecule has 198 valence electrons. The summed E-state index contributed by atoms with van der Waals surface area (Å²) in [4.78, 5) is 40.2. The van der Waals surface area contributed by atoms with E-state index in [1.54, 1.807) is 19.1 Å². The maximum absolute atomic E-state index is 13.5. The summed E-state index contributed by atoms with van der Waals surface area (Å²) < 4.78 is 5.11. The van der Waals surface area contributed by atoms with E-state index in [4.69, 9.17) is 4.74 Å². The fraction of sp³-hybridized carbons (Fsp3) is 0.344. The van der Waals surface area contributed by atoms with Gasteiger partial charge in [-0.2, -0.15) is 0 Å². The molecule has 0 bridgehead atoms. The van der Waals surface area contributed by atoms with Gasteiger partial charge in [-0.05, 0) is 61.6 Å². The number of esters is 1. The van der Waals surface area contributed by atoms with Crippen molar-refractivity contribution < 1.29 is 19.1 Å². The zero-order chi connectivity index (χ0) is 26.9. The van der Waals surface area contributed by atoms with Gasteiger partial charge in [0, 0.05) is 18.2 Å². The molecule has 0 saturated heterocycles. The molecule has 38 heavy (non-hydrogen) atoms. The number of ether oxygens (including phenoxy) is 1. The fourth-order valence-electron chi connectivity index (χ4n) is 5.00. The quantitative estimate of drug-likeness (QED) is 0.351. The third kappa shape index (κ3) is 7.09. The van der Waals surface area contributed by atoms with Crippen molar-refractivity contribution in [1.82, 2.24) is 5.32 Å². The van der Waals surface area contributed by atoms with E-state index >= 15 is 0 Å². The molecule has 0 aliphatic heterocycles. The second-order valence-electron chi connectivity index (χ2n) is 9.89. The largest absolute Gasteiger partial charge is 0.462 e. The Balaban J connectivity index is 1.42. The minimum absolute atomic E-state index is 0.0720. The summed E-state index contributed by atoms with van der Waals surface area (Å²) >= 11 is 0. The van der Waals surface area contributed by atoms with Gasteiger partial charge in [-0.25, -0.2) is 4.79 Å². The Labute approximate surface area is 225 Å². The third-order valence-corrected chi connectivity index (χ3v) is 7.00. The molecule has 1 fully saturated rings. The van der Waals surface area contributed by atoms with Gasteiger partial charge < -0.3 is 15.0 Å². The first kappa shape index (κ1) is 27.1. The van der Waals surface area contributed by atoms with E-state index in [0.717, 1.165) is 42.5 Å². The number of carbonyl (C=O) groups excluding carboxylic acids is 3. The van der Waals surface area contributed by atoms with Crippen LogP contribution in [-0.4, -0.2) is 24.4 Å². The summed E-state index contributed by atoms with van der Waals surface area (Å²) in [6.45, 7) is 4.88. The van der Waals surface area contributed by atoms with Gasteiger partial charge in [0.15, 0.2) is 0 Å². The third-order valence-electron chi connectivity index (χ3n) is 7.00. The molecule has 0 unspecified atom stereocenters. The maximum Gasteiger partial charge on any atom is 0.338 e. The molecule has 1 saturated carbocycles. The average molecular weight is 513 g/mol.